The number of nitrogens with zero attached hydrogens (tertiary/aromatic N) is 4. The number of furan rings is 1. The molecular weight excluding hydrogens is 733 g/mol. The smallest absolute Gasteiger partial charge is 0.235 e. The van der Waals surface area contributed by atoms with E-state index in [1.807, 2.05) is 6.07 Å². The lowest BCUT2D eigenvalue weighted by Gasteiger charge is -2.18. The highest BCUT2D eigenvalue weighted by atomic mass is 16.3. The second-order valence-electron chi connectivity index (χ2n) is 15.8. The highest BCUT2D eigenvalue weighted by Gasteiger charge is 2.25. The first-order chi connectivity index (χ1) is 29.7. The molecule has 0 fully saturated rings. The molecule has 3 aromatic heterocycles. The van der Waals surface area contributed by atoms with Crippen LogP contribution in [0.3, 0.4) is 0 Å². The molecule has 4 heterocycles. The van der Waals surface area contributed by atoms with E-state index < -0.39 is 0 Å². The summed E-state index contributed by atoms with van der Waals surface area (Å²) in [5.74, 6) is 0.628. The summed E-state index contributed by atoms with van der Waals surface area (Å²) in [5.41, 5.74) is 14.8. The van der Waals surface area contributed by atoms with E-state index in [0.717, 1.165) is 101 Å². The van der Waals surface area contributed by atoms with Crippen LogP contribution in [0.4, 0.5) is 0 Å². The van der Waals surface area contributed by atoms with Gasteiger partial charge in [0.25, 0.3) is 0 Å². The second-order valence-corrected chi connectivity index (χ2v) is 15.8. The number of fused-ring (bicyclic) bond motifs is 10. The van der Waals surface area contributed by atoms with E-state index in [1.54, 1.807) is 0 Å². The number of allylic oxidation sites excluding steroid dienone is 1. The van der Waals surface area contributed by atoms with Crippen LogP contribution in [-0.4, -0.2) is 20.8 Å². The Morgan fingerprint density at radius 2 is 0.933 bits per heavy atom. The van der Waals surface area contributed by atoms with Crippen LogP contribution in [0, 0.1) is 0 Å². The van der Waals surface area contributed by atoms with Gasteiger partial charge in [-0.05, 0) is 90.6 Å². The normalized spacial score (nSPS) is 14.9. The minimum absolute atomic E-state index is 0.628. The molecule has 5 heteroatoms. The fraction of sp³-hybridized carbons (Fsp3) is 0.0545. The summed E-state index contributed by atoms with van der Waals surface area (Å²) in [6, 6.07) is 66.7. The first kappa shape index (κ1) is 34.3. The molecule has 0 N–H and O–H groups in total. The molecule has 0 bridgehead atoms. The Balaban J connectivity index is 1.14. The van der Waals surface area contributed by atoms with Crippen molar-refractivity contribution < 1.29 is 4.42 Å². The van der Waals surface area contributed by atoms with Gasteiger partial charge in [0.15, 0.2) is 0 Å². The first-order valence-corrected chi connectivity index (χ1v) is 20.6. The highest BCUT2D eigenvalue weighted by Crippen LogP contribution is 2.41. The molecule has 5 nitrogen and oxygen atoms in total. The zero-order valence-corrected chi connectivity index (χ0v) is 33.0. The van der Waals surface area contributed by atoms with Crippen LogP contribution in [0.15, 0.2) is 208 Å². The minimum Gasteiger partial charge on any atom is -0.456 e. The number of rotatable bonds is 4. The third kappa shape index (κ3) is 5.40. The predicted molar refractivity (Wildman–Crippen MR) is 251 cm³/mol. The van der Waals surface area contributed by atoms with Crippen LogP contribution in [0.2, 0.25) is 0 Å². The van der Waals surface area contributed by atoms with E-state index in [4.69, 9.17) is 14.4 Å². The Hall–Kier alpha value is -7.76. The van der Waals surface area contributed by atoms with Crippen LogP contribution in [0.25, 0.3) is 88.1 Å². The summed E-state index contributed by atoms with van der Waals surface area (Å²) in [6.45, 7) is 2.22. The lowest BCUT2D eigenvalue weighted by atomic mass is 9.98. The fourth-order valence-corrected chi connectivity index (χ4v) is 9.36. The van der Waals surface area contributed by atoms with Crippen LogP contribution in [0.5, 0.6) is 0 Å². The van der Waals surface area contributed by atoms with Crippen molar-refractivity contribution in [3.8, 4) is 16.8 Å². The standard InChI is InChI=1S/C55H38N4O/c1-35-25-32-47(39-27-29-44-43-28-26-38(36-15-5-2-6-16-36)33-50(43)60-51(44)34-39)56-55(57-52(35)37-17-7-3-8-18-37)59-49-24-14-12-22-42(49)46-31-30-45-41-21-11-13-23-48(41)58(53(45)54(46)59)40-19-9-4-10-20-40/h2-24,26-31,33-34H,25,32H2,1H3/b52-35-,56-47?,57-55?. The van der Waals surface area contributed by atoms with Gasteiger partial charge in [-0.15, -0.1) is 0 Å². The van der Waals surface area contributed by atoms with Gasteiger partial charge < -0.3 is 8.98 Å². The van der Waals surface area contributed by atoms with E-state index in [2.05, 4.69) is 198 Å². The van der Waals surface area contributed by atoms with Crippen molar-refractivity contribution >= 4 is 82.9 Å². The lowest BCUT2D eigenvalue weighted by molar-refractivity contribution is 0.669. The molecule has 11 aromatic rings. The highest BCUT2D eigenvalue weighted by molar-refractivity contribution is 6.27. The molecule has 8 aromatic carbocycles. The summed E-state index contributed by atoms with van der Waals surface area (Å²) in [5, 5.41) is 6.89. The summed E-state index contributed by atoms with van der Waals surface area (Å²) in [6.07, 6.45) is 1.56. The van der Waals surface area contributed by atoms with Gasteiger partial charge in [-0.2, -0.15) is 0 Å². The number of hydrogen-bond donors (Lipinski definition) is 0. The summed E-state index contributed by atoms with van der Waals surface area (Å²) in [7, 11) is 0. The Morgan fingerprint density at radius 3 is 1.60 bits per heavy atom. The van der Waals surface area contributed by atoms with E-state index in [-0.39, 0.29) is 0 Å². The van der Waals surface area contributed by atoms with Crippen LogP contribution < -0.4 is 0 Å². The van der Waals surface area contributed by atoms with Gasteiger partial charge in [-0.25, -0.2) is 9.98 Å². The number of aliphatic imine (C=N–C) groups is 2. The van der Waals surface area contributed by atoms with Gasteiger partial charge in [-0.3, -0.25) is 4.57 Å². The average molecular weight is 771 g/mol. The topological polar surface area (TPSA) is 47.7 Å². The lowest BCUT2D eigenvalue weighted by Crippen LogP contribution is -2.16. The van der Waals surface area contributed by atoms with Gasteiger partial charge in [0.2, 0.25) is 5.96 Å². The van der Waals surface area contributed by atoms with Crippen molar-refractivity contribution in [3.05, 3.63) is 205 Å². The Bertz CT molecular complexity index is 3580. The third-order valence-corrected chi connectivity index (χ3v) is 12.2. The Labute approximate surface area is 346 Å². The van der Waals surface area contributed by atoms with Crippen molar-refractivity contribution in [2.45, 2.75) is 19.8 Å². The monoisotopic (exact) mass is 770 g/mol. The molecule has 0 unspecified atom stereocenters. The third-order valence-electron chi connectivity index (χ3n) is 12.2. The van der Waals surface area contributed by atoms with E-state index >= 15 is 0 Å². The van der Waals surface area contributed by atoms with Gasteiger partial charge in [-0.1, -0.05) is 140 Å². The molecule has 0 atom stereocenters. The minimum atomic E-state index is 0.628. The van der Waals surface area contributed by atoms with Gasteiger partial charge in [0.05, 0.1) is 33.5 Å². The zero-order chi connectivity index (χ0) is 39.7. The van der Waals surface area contributed by atoms with Crippen molar-refractivity contribution in [1.29, 1.82) is 0 Å². The molecule has 1 aliphatic heterocycles. The van der Waals surface area contributed by atoms with Crippen molar-refractivity contribution in [2.24, 2.45) is 9.98 Å². The summed E-state index contributed by atoms with van der Waals surface area (Å²) >= 11 is 0. The first-order valence-electron chi connectivity index (χ1n) is 20.6. The number of hydrogen-bond acceptors (Lipinski definition) is 3. The SMILES string of the molecule is C/C1=C(\c2ccccc2)N=C(n2c3ccccc3c3ccc4c5ccccc5n(-c5ccccc5)c4c32)N=C(c2ccc3c(c2)oc2cc(-c4ccccc4)ccc23)CC1. The Kier molecular flexibility index (Phi) is 7.82. The zero-order valence-electron chi connectivity index (χ0n) is 33.0. The molecule has 0 radical (unpaired) electrons. The molecule has 1 aliphatic rings. The summed E-state index contributed by atoms with van der Waals surface area (Å²) in [4.78, 5) is 11.3. The number of para-hydroxylation sites is 3. The molecule has 0 saturated heterocycles. The van der Waals surface area contributed by atoms with Crippen LogP contribution in [0.1, 0.15) is 30.9 Å². The fourth-order valence-electron chi connectivity index (χ4n) is 9.36. The quantitative estimate of drug-likeness (QED) is 0.176. The van der Waals surface area contributed by atoms with Crippen LogP contribution in [-0.2, 0) is 0 Å². The average Bonchev–Trinajstić information content (AvgIpc) is 3.96. The van der Waals surface area contributed by atoms with Crippen molar-refractivity contribution in [2.75, 3.05) is 0 Å². The maximum absolute atomic E-state index is 6.64. The molecular formula is C55H38N4O. The van der Waals surface area contributed by atoms with Gasteiger partial charge >= 0.3 is 0 Å². The van der Waals surface area contributed by atoms with Gasteiger partial charge in [0, 0.05) is 43.6 Å². The molecule has 0 spiro atoms. The predicted octanol–water partition coefficient (Wildman–Crippen LogP) is 14.4. The molecule has 60 heavy (non-hydrogen) atoms. The van der Waals surface area contributed by atoms with Gasteiger partial charge in [0.1, 0.15) is 11.2 Å². The molecule has 0 amide bonds. The second kappa shape index (κ2) is 13.7. The Morgan fingerprint density at radius 1 is 0.417 bits per heavy atom. The van der Waals surface area contributed by atoms with E-state index in [9.17, 15) is 0 Å². The maximum Gasteiger partial charge on any atom is 0.235 e. The number of benzene rings is 8. The number of aromatic nitrogens is 2. The molecule has 0 saturated carbocycles. The van der Waals surface area contributed by atoms with Crippen molar-refractivity contribution in [3.63, 3.8) is 0 Å². The van der Waals surface area contributed by atoms with Crippen molar-refractivity contribution in [1.82, 2.24) is 9.13 Å². The molecule has 284 valence electrons. The maximum atomic E-state index is 6.64. The van der Waals surface area contributed by atoms with E-state index in [1.165, 1.54) is 21.9 Å². The van der Waals surface area contributed by atoms with E-state index in [0.29, 0.717) is 5.96 Å². The summed E-state index contributed by atoms with van der Waals surface area (Å²) < 4.78 is 11.4. The molecule has 0 aliphatic carbocycles. The van der Waals surface area contributed by atoms with Crippen LogP contribution >= 0.6 is 0 Å². The largest absolute Gasteiger partial charge is 0.456 e. The molecule has 12 rings (SSSR count).